The zero-order valence-corrected chi connectivity index (χ0v) is 12.9. The third-order valence-electron chi connectivity index (χ3n) is 3.30. The first-order valence-electron chi connectivity index (χ1n) is 6.32. The van der Waals surface area contributed by atoms with E-state index in [2.05, 4.69) is 4.98 Å². The molecule has 0 aliphatic rings. The fraction of sp³-hybridized carbons (Fsp3) is 0. The van der Waals surface area contributed by atoms with E-state index < -0.39 is 31.8 Å². The molecule has 0 atom stereocenters. The molecule has 0 amide bonds. The van der Waals surface area contributed by atoms with Gasteiger partial charge in [0.05, 0.1) is 10.4 Å². The standard InChI is InChI=1S/C15H8ClF2NO3S/c16-8-1-3-9(4-2-8)23(21,22)14-7-19-13-6-12(18)11(17)5-10(13)15(14)20/h1-7H,(H,19,20). The minimum absolute atomic E-state index is 0.00366. The molecule has 2 aromatic carbocycles. The topological polar surface area (TPSA) is 67.0 Å². The SMILES string of the molecule is O=c1c(S(=O)(=O)c2ccc(Cl)cc2)c[nH]c2cc(F)c(F)cc12. The van der Waals surface area contributed by atoms with Crippen LogP contribution in [0.15, 0.2) is 57.2 Å². The summed E-state index contributed by atoms with van der Waals surface area (Å²) in [7, 11) is -4.12. The van der Waals surface area contributed by atoms with Crippen LogP contribution in [0, 0.1) is 11.6 Å². The zero-order valence-electron chi connectivity index (χ0n) is 11.3. The number of benzene rings is 2. The van der Waals surface area contributed by atoms with Crippen molar-refractivity contribution in [2.24, 2.45) is 0 Å². The lowest BCUT2D eigenvalue weighted by molar-refractivity contribution is 0.510. The van der Waals surface area contributed by atoms with Gasteiger partial charge in [-0.05, 0) is 30.3 Å². The Labute approximate surface area is 134 Å². The number of hydrogen-bond donors (Lipinski definition) is 1. The molecule has 23 heavy (non-hydrogen) atoms. The van der Waals surface area contributed by atoms with Gasteiger partial charge in [0.15, 0.2) is 11.6 Å². The highest BCUT2D eigenvalue weighted by Gasteiger charge is 2.23. The lowest BCUT2D eigenvalue weighted by atomic mass is 10.2. The van der Waals surface area contributed by atoms with Gasteiger partial charge in [0, 0.05) is 22.7 Å². The quantitative estimate of drug-likeness (QED) is 0.767. The minimum atomic E-state index is -4.12. The smallest absolute Gasteiger partial charge is 0.211 e. The van der Waals surface area contributed by atoms with Crippen LogP contribution < -0.4 is 5.43 Å². The third kappa shape index (κ3) is 2.62. The van der Waals surface area contributed by atoms with Crippen molar-refractivity contribution in [3.05, 3.63) is 69.5 Å². The highest BCUT2D eigenvalue weighted by atomic mass is 35.5. The van der Waals surface area contributed by atoms with Crippen molar-refractivity contribution in [2.45, 2.75) is 9.79 Å². The summed E-state index contributed by atoms with van der Waals surface area (Å²) < 4.78 is 51.6. The number of hydrogen-bond acceptors (Lipinski definition) is 3. The normalized spacial score (nSPS) is 11.8. The van der Waals surface area contributed by atoms with Crippen molar-refractivity contribution < 1.29 is 17.2 Å². The molecular weight excluding hydrogens is 348 g/mol. The van der Waals surface area contributed by atoms with Gasteiger partial charge >= 0.3 is 0 Å². The Kier molecular flexibility index (Phi) is 3.69. The molecule has 3 rings (SSSR count). The number of sulfone groups is 1. The van der Waals surface area contributed by atoms with Gasteiger partial charge in [-0.15, -0.1) is 0 Å². The lowest BCUT2D eigenvalue weighted by Crippen LogP contribution is -2.16. The average molecular weight is 356 g/mol. The van der Waals surface area contributed by atoms with Crippen LogP contribution in [-0.4, -0.2) is 13.4 Å². The van der Waals surface area contributed by atoms with E-state index >= 15 is 0 Å². The van der Waals surface area contributed by atoms with Crippen molar-refractivity contribution in [1.29, 1.82) is 0 Å². The van der Waals surface area contributed by atoms with Gasteiger partial charge in [-0.25, -0.2) is 17.2 Å². The Balaban J connectivity index is 2.28. The number of halogens is 3. The number of aromatic nitrogens is 1. The molecule has 1 heterocycles. The maximum absolute atomic E-state index is 13.3. The largest absolute Gasteiger partial charge is 0.360 e. The van der Waals surface area contributed by atoms with Crippen LogP contribution in [0.2, 0.25) is 5.02 Å². The van der Waals surface area contributed by atoms with E-state index in [4.69, 9.17) is 11.6 Å². The van der Waals surface area contributed by atoms with Gasteiger partial charge in [0.1, 0.15) is 4.90 Å². The van der Waals surface area contributed by atoms with Crippen LogP contribution in [-0.2, 0) is 9.84 Å². The molecule has 0 fully saturated rings. The molecule has 0 spiro atoms. The number of pyridine rings is 1. The number of nitrogens with one attached hydrogen (secondary N) is 1. The van der Waals surface area contributed by atoms with Crippen LogP contribution >= 0.6 is 11.6 Å². The maximum atomic E-state index is 13.3. The Morgan fingerprint density at radius 2 is 1.61 bits per heavy atom. The van der Waals surface area contributed by atoms with E-state index in [9.17, 15) is 22.0 Å². The van der Waals surface area contributed by atoms with Crippen molar-refractivity contribution >= 4 is 32.3 Å². The molecule has 0 aliphatic carbocycles. The summed E-state index contributed by atoms with van der Waals surface area (Å²) in [6.45, 7) is 0. The van der Waals surface area contributed by atoms with Crippen LogP contribution in [0.5, 0.6) is 0 Å². The van der Waals surface area contributed by atoms with Crippen LogP contribution in [0.4, 0.5) is 8.78 Å². The summed E-state index contributed by atoms with van der Waals surface area (Å²) >= 11 is 5.71. The van der Waals surface area contributed by atoms with Gasteiger partial charge in [-0.2, -0.15) is 0 Å². The van der Waals surface area contributed by atoms with Gasteiger partial charge in [0.25, 0.3) is 0 Å². The van der Waals surface area contributed by atoms with Crippen molar-refractivity contribution in [2.75, 3.05) is 0 Å². The number of rotatable bonds is 2. The summed E-state index contributed by atoms with van der Waals surface area (Å²) in [6.07, 6.45) is 0.964. The second kappa shape index (κ2) is 5.43. The number of H-pyrrole nitrogens is 1. The van der Waals surface area contributed by atoms with Gasteiger partial charge in [-0.3, -0.25) is 4.79 Å². The maximum Gasteiger partial charge on any atom is 0.211 e. The average Bonchev–Trinajstić information content (AvgIpc) is 2.50. The summed E-state index contributed by atoms with van der Waals surface area (Å²) in [5.41, 5.74) is -0.906. The molecule has 4 nitrogen and oxygen atoms in total. The first kappa shape index (κ1) is 15.6. The van der Waals surface area contributed by atoms with Gasteiger partial charge in [0.2, 0.25) is 15.3 Å². The summed E-state index contributed by atoms with van der Waals surface area (Å²) in [5.74, 6) is -2.37. The second-order valence-electron chi connectivity index (χ2n) is 4.75. The Morgan fingerprint density at radius 3 is 2.26 bits per heavy atom. The molecule has 0 aliphatic heterocycles. The molecule has 1 aromatic heterocycles. The fourth-order valence-corrected chi connectivity index (χ4v) is 3.58. The van der Waals surface area contributed by atoms with E-state index in [0.717, 1.165) is 12.3 Å². The van der Waals surface area contributed by atoms with E-state index in [0.29, 0.717) is 11.1 Å². The number of fused-ring (bicyclic) bond motifs is 1. The number of aromatic amines is 1. The van der Waals surface area contributed by atoms with Crippen LogP contribution in [0.3, 0.4) is 0 Å². The highest BCUT2D eigenvalue weighted by molar-refractivity contribution is 7.91. The monoisotopic (exact) mass is 355 g/mol. The lowest BCUT2D eigenvalue weighted by Gasteiger charge is -2.06. The predicted octanol–water partition coefficient (Wildman–Crippen LogP) is 3.29. The predicted molar refractivity (Wildman–Crippen MR) is 81.4 cm³/mol. The highest BCUT2D eigenvalue weighted by Crippen LogP contribution is 2.22. The van der Waals surface area contributed by atoms with E-state index in [1.807, 2.05) is 0 Å². The molecular formula is C15H8ClF2NO3S. The fourth-order valence-electron chi connectivity index (χ4n) is 2.14. The molecule has 1 N–H and O–H groups in total. The molecule has 0 saturated heterocycles. The van der Waals surface area contributed by atoms with E-state index in [-0.39, 0.29) is 15.8 Å². The van der Waals surface area contributed by atoms with Crippen LogP contribution in [0.25, 0.3) is 10.9 Å². The Hall–Kier alpha value is -2.25. The summed E-state index contributed by atoms with van der Waals surface area (Å²) in [4.78, 5) is 14.2. The molecule has 0 saturated carbocycles. The molecule has 0 radical (unpaired) electrons. The molecule has 8 heteroatoms. The van der Waals surface area contributed by atoms with Crippen molar-refractivity contribution in [3.8, 4) is 0 Å². The molecule has 118 valence electrons. The first-order chi connectivity index (χ1) is 10.8. The summed E-state index contributed by atoms with van der Waals surface area (Å²) in [6, 6.07) is 6.73. The molecule has 3 aromatic rings. The molecule has 0 bridgehead atoms. The van der Waals surface area contributed by atoms with Gasteiger partial charge < -0.3 is 4.98 Å². The zero-order chi connectivity index (χ0) is 16.8. The Morgan fingerprint density at radius 1 is 1.00 bits per heavy atom. The van der Waals surface area contributed by atoms with Crippen LogP contribution in [0.1, 0.15) is 0 Å². The summed E-state index contributed by atoms with van der Waals surface area (Å²) in [5, 5.41) is 0.0906. The Bertz CT molecular complexity index is 1080. The van der Waals surface area contributed by atoms with E-state index in [1.165, 1.54) is 24.3 Å². The second-order valence-corrected chi connectivity index (χ2v) is 7.11. The molecule has 0 unspecified atom stereocenters. The van der Waals surface area contributed by atoms with Gasteiger partial charge in [-0.1, -0.05) is 11.6 Å². The third-order valence-corrected chi connectivity index (χ3v) is 5.33. The first-order valence-corrected chi connectivity index (χ1v) is 8.18. The minimum Gasteiger partial charge on any atom is -0.360 e. The van der Waals surface area contributed by atoms with E-state index in [1.54, 1.807) is 0 Å². The van der Waals surface area contributed by atoms with Crippen molar-refractivity contribution in [3.63, 3.8) is 0 Å². The van der Waals surface area contributed by atoms with Crippen molar-refractivity contribution in [1.82, 2.24) is 4.98 Å².